The second-order valence-electron chi connectivity index (χ2n) is 8.86. The first-order valence-corrected chi connectivity index (χ1v) is 11.9. The monoisotopic (exact) mass is 511 g/mol. The van der Waals surface area contributed by atoms with Crippen molar-refractivity contribution in [1.29, 1.82) is 0 Å². The van der Waals surface area contributed by atoms with Crippen molar-refractivity contribution in [2.45, 2.75) is 37.6 Å². The second kappa shape index (κ2) is 13.7. The normalized spacial score (nSPS) is 13.5. The Balaban J connectivity index is 1.47. The molecule has 1 unspecified atom stereocenters. The molecule has 0 radical (unpaired) electrons. The highest BCUT2D eigenvalue weighted by Crippen LogP contribution is 2.12. The molecular weight excluding hydrogens is 480 g/mol. The van der Waals surface area contributed by atoms with Crippen LogP contribution in [0.5, 0.6) is 0 Å². The number of aliphatic hydroxyl groups excluding tert-OH is 1. The van der Waals surface area contributed by atoms with Gasteiger partial charge in [-0.2, -0.15) is 0 Å². The molecule has 0 spiro atoms. The standard InChI is InChI=1S/C28H31F2N3O4/c29-22-9-10-24(30)21(13-22)14-23(31)15-33-28(36)20-8-4-7-19(11-20)12-26(34)27(35)25(32)17-37-16-18-5-2-1-3-6-18/h1-11,13,23,25,27,35H,12,14-17,31-32H2,(H,33,36)/t23?,25-,27+/m1/s1. The van der Waals surface area contributed by atoms with E-state index in [2.05, 4.69) is 5.32 Å². The molecule has 0 bridgehead atoms. The number of nitrogens with two attached hydrogens (primary N) is 2. The van der Waals surface area contributed by atoms with Crippen molar-refractivity contribution in [3.8, 4) is 0 Å². The Bertz CT molecular complexity index is 1190. The molecule has 0 aliphatic carbocycles. The molecule has 0 saturated carbocycles. The molecule has 3 aromatic rings. The third kappa shape index (κ3) is 8.83. The number of ketones is 1. The van der Waals surface area contributed by atoms with Crippen LogP contribution in [0.15, 0.2) is 72.8 Å². The van der Waals surface area contributed by atoms with Crippen LogP contribution in [-0.4, -0.2) is 48.1 Å². The topological polar surface area (TPSA) is 128 Å². The molecule has 196 valence electrons. The maximum Gasteiger partial charge on any atom is 0.251 e. The van der Waals surface area contributed by atoms with Crippen molar-refractivity contribution in [3.63, 3.8) is 0 Å². The van der Waals surface area contributed by atoms with Gasteiger partial charge in [0.25, 0.3) is 5.91 Å². The number of nitrogens with one attached hydrogen (secondary N) is 1. The van der Waals surface area contributed by atoms with E-state index in [0.717, 1.165) is 23.8 Å². The maximum atomic E-state index is 13.8. The lowest BCUT2D eigenvalue weighted by molar-refractivity contribution is -0.128. The zero-order valence-electron chi connectivity index (χ0n) is 20.3. The number of hydrogen-bond acceptors (Lipinski definition) is 6. The fraction of sp³-hybridized carbons (Fsp3) is 0.286. The Kier molecular flexibility index (Phi) is 10.4. The summed E-state index contributed by atoms with van der Waals surface area (Å²) in [6.45, 7) is 0.353. The number of Topliss-reactive ketones (excluding diaryl/α,β-unsaturated/α-hetero) is 1. The van der Waals surface area contributed by atoms with Gasteiger partial charge in [-0.05, 0) is 53.4 Å². The first kappa shape index (κ1) is 28.1. The van der Waals surface area contributed by atoms with Crippen LogP contribution in [-0.2, 0) is 29.0 Å². The van der Waals surface area contributed by atoms with E-state index in [4.69, 9.17) is 16.2 Å². The lowest BCUT2D eigenvalue weighted by Gasteiger charge is -2.18. The molecule has 1 amide bonds. The van der Waals surface area contributed by atoms with Crippen molar-refractivity contribution in [2.75, 3.05) is 13.2 Å². The molecule has 0 aliphatic rings. The van der Waals surface area contributed by atoms with E-state index in [0.29, 0.717) is 17.7 Å². The number of carbonyl (C=O) groups is 2. The second-order valence-corrected chi connectivity index (χ2v) is 8.86. The Morgan fingerprint density at radius 1 is 0.946 bits per heavy atom. The van der Waals surface area contributed by atoms with Crippen molar-refractivity contribution < 1.29 is 28.2 Å². The lowest BCUT2D eigenvalue weighted by Crippen LogP contribution is -2.44. The van der Waals surface area contributed by atoms with Gasteiger partial charge in [-0.25, -0.2) is 8.78 Å². The van der Waals surface area contributed by atoms with Gasteiger partial charge in [-0.3, -0.25) is 9.59 Å². The molecule has 0 saturated heterocycles. The fourth-order valence-electron chi connectivity index (χ4n) is 3.73. The maximum absolute atomic E-state index is 13.8. The number of carbonyl (C=O) groups excluding carboxylic acids is 2. The zero-order chi connectivity index (χ0) is 26.8. The Morgan fingerprint density at radius 3 is 2.43 bits per heavy atom. The van der Waals surface area contributed by atoms with E-state index in [1.54, 1.807) is 18.2 Å². The molecule has 0 aliphatic heterocycles. The summed E-state index contributed by atoms with van der Waals surface area (Å²) >= 11 is 0. The van der Waals surface area contributed by atoms with Crippen LogP contribution in [0.4, 0.5) is 8.78 Å². The van der Waals surface area contributed by atoms with Crippen LogP contribution in [0.2, 0.25) is 0 Å². The first-order chi connectivity index (χ1) is 17.7. The predicted octanol–water partition coefficient (Wildman–Crippen LogP) is 2.28. The minimum Gasteiger partial charge on any atom is -0.384 e. The Labute approximate surface area is 214 Å². The van der Waals surface area contributed by atoms with Gasteiger partial charge in [0.15, 0.2) is 5.78 Å². The quantitative estimate of drug-likeness (QED) is 0.279. The summed E-state index contributed by atoms with van der Waals surface area (Å²) in [5, 5.41) is 13.0. The Morgan fingerprint density at radius 2 is 1.68 bits per heavy atom. The molecule has 9 heteroatoms. The molecule has 7 nitrogen and oxygen atoms in total. The highest BCUT2D eigenvalue weighted by molar-refractivity contribution is 5.94. The van der Waals surface area contributed by atoms with Crippen LogP contribution < -0.4 is 16.8 Å². The molecule has 3 aromatic carbocycles. The minimum atomic E-state index is -1.42. The summed E-state index contributed by atoms with van der Waals surface area (Å²) in [5.41, 5.74) is 13.8. The molecule has 3 rings (SSSR count). The average molecular weight is 512 g/mol. The van der Waals surface area contributed by atoms with Crippen LogP contribution in [0.25, 0.3) is 0 Å². The van der Waals surface area contributed by atoms with Crippen molar-refractivity contribution in [2.24, 2.45) is 11.5 Å². The van der Waals surface area contributed by atoms with E-state index in [1.807, 2.05) is 30.3 Å². The zero-order valence-corrected chi connectivity index (χ0v) is 20.3. The van der Waals surface area contributed by atoms with E-state index in [9.17, 15) is 23.5 Å². The molecular formula is C28H31F2N3O4. The summed E-state index contributed by atoms with van der Waals surface area (Å²) in [5.74, 6) is -2.06. The number of benzene rings is 3. The molecule has 0 heterocycles. The largest absolute Gasteiger partial charge is 0.384 e. The highest BCUT2D eigenvalue weighted by Gasteiger charge is 2.23. The SMILES string of the molecule is NC(CNC(=O)c1cccc(CC(=O)[C@@H](O)[C@H](N)COCc2ccccc2)c1)Cc1cc(F)ccc1F. The van der Waals surface area contributed by atoms with E-state index in [-0.39, 0.29) is 31.6 Å². The number of ether oxygens (including phenoxy) is 1. The van der Waals surface area contributed by atoms with Crippen molar-refractivity contribution >= 4 is 11.7 Å². The number of hydrogen-bond donors (Lipinski definition) is 4. The molecule has 37 heavy (non-hydrogen) atoms. The van der Waals surface area contributed by atoms with E-state index >= 15 is 0 Å². The number of rotatable bonds is 13. The molecule has 6 N–H and O–H groups in total. The summed E-state index contributed by atoms with van der Waals surface area (Å²) in [7, 11) is 0. The average Bonchev–Trinajstić information content (AvgIpc) is 2.89. The van der Waals surface area contributed by atoms with Crippen molar-refractivity contribution in [3.05, 3.63) is 107 Å². The van der Waals surface area contributed by atoms with Gasteiger partial charge in [0.2, 0.25) is 0 Å². The molecule has 3 atom stereocenters. The molecule has 0 fully saturated rings. The van der Waals surface area contributed by atoms with Gasteiger partial charge in [-0.1, -0.05) is 42.5 Å². The predicted molar refractivity (Wildman–Crippen MR) is 136 cm³/mol. The third-order valence-electron chi connectivity index (χ3n) is 5.74. The van der Waals surface area contributed by atoms with Gasteiger partial charge in [-0.15, -0.1) is 0 Å². The van der Waals surface area contributed by atoms with Crippen molar-refractivity contribution in [1.82, 2.24) is 5.32 Å². The van der Waals surface area contributed by atoms with Crippen LogP contribution in [0.1, 0.15) is 27.0 Å². The van der Waals surface area contributed by atoms with Gasteiger partial charge in [0, 0.05) is 24.6 Å². The fourth-order valence-corrected chi connectivity index (χ4v) is 3.73. The van der Waals surface area contributed by atoms with Crippen LogP contribution in [0, 0.1) is 11.6 Å². The van der Waals surface area contributed by atoms with Gasteiger partial charge in [0.05, 0.1) is 19.3 Å². The number of amides is 1. The minimum absolute atomic E-state index is 0.00399. The molecule has 0 aromatic heterocycles. The highest BCUT2D eigenvalue weighted by atomic mass is 19.1. The van der Waals surface area contributed by atoms with Gasteiger partial charge < -0.3 is 26.6 Å². The van der Waals surface area contributed by atoms with E-state index < -0.39 is 41.5 Å². The number of aliphatic hydroxyl groups is 1. The van der Waals surface area contributed by atoms with Crippen LogP contribution >= 0.6 is 0 Å². The lowest BCUT2D eigenvalue weighted by atomic mass is 9.99. The number of halogens is 2. The smallest absolute Gasteiger partial charge is 0.251 e. The van der Waals surface area contributed by atoms with Gasteiger partial charge >= 0.3 is 0 Å². The summed E-state index contributed by atoms with van der Waals surface area (Å²) in [4.78, 5) is 25.1. The Hall–Kier alpha value is -3.50. The summed E-state index contributed by atoms with van der Waals surface area (Å²) < 4.78 is 32.7. The third-order valence-corrected chi connectivity index (χ3v) is 5.74. The van der Waals surface area contributed by atoms with Crippen LogP contribution in [0.3, 0.4) is 0 Å². The summed E-state index contributed by atoms with van der Waals surface area (Å²) in [6.07, 6.45) is -1.49. The first-order valence-electron chi connectivity index (χ1n) is 11.9. The summed E-state index contributed by atoms with van der Waals surface area (Å²) in [6, 6.07) is 17.4. The van der Waals surface area contributed by atoms with E-state index in [1.165, 1.54) is 6.07 Å². The van der Waals surface area contributed by atoms with Gasteiger partial charge in [0.1, 0.15) is 17.7 Å².